The minimum absolute atomic E-state index is 0.179. The Morgan fingerprint density at radius 2 is 2.32 bits per heavy atom. The summed E-state index contributed by atoms with van der Waals surface area (Å²) in [6, 6.07) is 4.43. The van der Waals surface area contributed by atoms with Gasteiger partial charge >= 0.3 is 0 Å². The van der Waals surface area contributed by atoms with E-state index in [-0.39, 0.29) is 5.60 Å². The van der Waals surface area contributed by atoms with E-state index in [9.17, 15) is 5.26 Å². The molecule has 102 valence electrons. The van der Waals surface area contributed by atoms with Gasteiger partial charge in [0.25, 0.3) is 0 Å². The van der Waals surface area contributed by atoms with Crippen molar-refractivity contribution in [2.75, 3.05) is 5.32 Å². The highest BCUT2D eigenvalue weighted by Gasteiger charge is 2.28. The van der Waals surface area contributed by atoms with E-state index in [4.69, 9.17) is 4.74 Å². The summed E-state index contributed by atoms with van der Waals surface area (Å²) in [5.74, 6) is 0.702. The molecule has 0 radical (unpaired) electrons. The summed E-state index contributed by atoms with van der Waals surface area (Å²) in [5, 5.41) is 12.6. The summed E-state index contributed by atoms with van der Waals surface area (Å²) < 4.78 is 5.76. The number of nitrogens with one attached hydrogen (secondary N) is 1. The first-order valence-corrected chi connectivity index (χ1v) is 6.78. The van der Waals surface area contributed by atoms with Gasteiger partial charge in [-0.05, 0) is 33.3 Å². The molecule has 0 aromatic carbocycles. The Morgan fingerprint density at radius 3 is 2.95 bits per heavy atom. The van der Waals surface area contributed by atoms with Crippen molar-refractivity contribution in [3.8, 4) is 6.07 Å². The lowest BCUT2D eigenvalue weighted by molar-refractivity contribution is -0.0412. The fourth-order valence-corrected chi connectivity index (χ4v) is 2.13. The molecule has 0 saturated heterocycles. The molecule has 1 atom stereocenters. The third-order valence-corrected chi connectivity index (χ3v) is 3.52. The molecule has 0 saturated carbocycles. The normalized spacial score (nSPS) is 18.3. The average Bonchev–Trinajstić information content (AvgIpc) is 2.36. The molecule has 0 aliphatic carbocycles. The van der Waals surface area contributed by atoms with Crippen LogP contribution in [0.4, 0.5) is 5.82 Å². The van der Waals surface area contributed by atoms with Gasteiger partial charge in [-0.25, -0.2) is 4.98 Å². The third kappa shape index (κ3) is 3.05. The van der Waals surface area contributed by atoms with Crippen LogP contribution in [0.5, 0.6) is 0 Å². The van der Waals surface area contributed by atoms with Gasteiger partial charge in [-0.3, -0.25) is 0 Å². The highest BCUT2D eigenvalue weighted by molar-refractivity contribution is 5.55. The summed E-state index contributed by atoms with van der Waals surface area (Å²) in [6.45, 7) is 8.87. The number of hydrogen-bond donors (Lipinski definition) is 1. The molecular weight excluding hydrogens is 238 g/mol. The number of ether oxygens (including phenoxy) is 1. The largest absolute Gasteiger partial charge is 0.370 e. The van der Waals surface area contributed by atoms with Crippen molar-refractivity contribution in [1.82, 2.24) is 4.98 Å². The Bertz CT molecular complexity index is 517. The molecule has 1 N–H and O–H groups in total. The lowest BCUT2D eigenvalue weighted by atomic mass is 9.95. The molecular formula is C15H21N3O. The molecule has 0 spiro atoms. The maximum absolute atomic E-state index is 9.24. The molecule has 2 rings (SSSR count). The molecule has 2 heterocycles. The summed E-state index contributed by atoms with van der Waals surface area (Å²) in [7, 11) is 0. The van der Waals surface area contributed by atoms with Crippen LogP contribution < -0.4 is 5.32 Å². The first-order valence-electron chi connectivity index (χ1n) is 6.78. The Kier molecular flexibility index (Phi) is 3.77. The van der Waals surface area contributed by atoms with Gasteiger partial charge in [0.1, 0.15) is 11.9 Å². The molecule has 0 amide bonds. The molecule has 1 aromatic rings. The maximum Gasteiger partial charge on any atom is 0.144 e. The van der Waals surface area contributed by atoms with Crippen LogP contribution in [-0.2, 0) is 17.8 Å². The van der Waals surface area contributed by atoms with Crippen molar-refractivity contribution < 1.29 is 4.74 Å². The van der Waals surface area contributed by atoms with Gasteiger partial charge < -0.3 is 10.1 Å². The molecule has 1 aromatic heterocycles. The molecule has 4 heteroatoms. The second-order valence-corrected chi connectivity index (χ2v) is 5.78. The molecule has 0 unspecified atom stereocenters. The highest BCUT2D eigenvalue weighted by Crippen LogP contribution is 2.29. The van der Waals surface area contributed by atoms with Crippen molar-refractivity contribution in [3.05, 3.63) is 22.9 Å². The van der Waals surface area contributed by atoms with Crippen molar-refractivity contribution in [2.45, 2.75) is 58.8 Å². The number of pyridine rings is 1. The van der Waals surface area contributed by atoms with Crippen LogP contribution in [0.3, 0.4) is 0 Å². The van der Waals surface area contributed by atoms with E-state index in [1.54, 1.807) is 0 Å². The van der Waals surface area contributed by atoms with Gasteiger partial charge in [0, 0.05) is 18.0 Å². The predicted molar refractivity (Wildman–Crippen MR) is 74.9 cm³/mol. The van der Waals surface area contributed by atoms with Gasteiger partial charge in [-0.15, -0.1) is 0 Å². The van der Waals surface area contributed by atoms with Crippen molar-refractivity contribution in [3.63, 3.8) is 0 Å². The lowest BCUT2D eigenvalue weighted by Gasteiger charge is -2.31. The van der Waals surface area contributed by atoms with Crippen LogP contribution in [0, 0.1) is 11.3 Å². The van der Waals surface area contributed by atoms with E-state index in [1.165, 1.54) is 0 Å². The third-order valence-electron chi connectivity index (χ3n) is 3.52. The maximum atomic E-state index is 9.24. The fourth-order valence-electron chi connectivity index (χ4n) is 2.13. The predicted octanol–water partition coefficient (Wildman–Crippen LogP) is 3.01. The Labute approximate surface area is 114 Å². The molecule has 0 bridgehead atoms. The first-order chi connectivity index (χ1) is 8.95. The topological polar surface area (TPSA) is 57.9 Å². The zero-order chi connectivity index (χ0) is 14.0. The second kappa shape index (κ2) is 5.18. The second-order valence-electron chi connectivity index (χ2n) is 5.78. The zero-order valence-electron chi connectivity index (χ0n) is 12.1. The molecule has 19 heavy (non-hydrogen) atoms. The molecule has 4 nitrogen and oxygen atoms in total. The number of nitriles is 1. The number of aromatic nitrogens is 1. The van der Waals surface area contributed by atoms with Gasteiger partial charge in [-0.1, -0.05) is 6.92 Å². The number of hydrogen-bond acceptors (Lipinski definition) is 4. The fraction of sp³-hybridized carbons (Fsp3) is 0.600. The quantitative estimate of drug-likeness (QED) is 0.906. The molecule has 0 fully saturated rings. The standard InChI is InChI=1S/C15H21N3O/c1-5-10(2)17-14-11(8-16)6-12-9-19-15(3,4)7-13(12)18-14/h6,10H,5,7,9H2,1-4H3,(H,17,18)/t10-/m0/s1. The van der Waals surface area contributed by atoms with Gasteiger partial charge in [0.2, 0.25) is 0 Å². The van der Waals surface area contributed by atoms with E-state index in [1.807, 2.05) is 6.07 Å². The van der Waals surface area contributed by atoms with Crippen LogP contribution in [0.2, 0.25) is 0 Å². The Balaban J connectivity index is 2.37. The number of fused-ring (bicyclic) bond motifs is 1. The first kappa shape index (κ1) is 13.8. The number of anilines is 1. The van der Waals surface area contributed by atoms with Crippen molar-refractivity contribution in [1.29, 1.82) is 5.26 Å². The minimum Gasteiger partial charge on any atom is -0.370 e. The molecule has 1 aliphatic rings. The smallest absolute Gasteiger partial charge is 0.144 e. The monoisotopic (exact) mass is 259 g/mol. The summed E-state index contributed by atoms with van der Waals surface area (Å²) in [4.78, 5) is 4.65. The van der Waals surface area contributed by atoms with E-state index < -0.39 is 0 Å². The number of nitrogens with zero attached hydrogens (tertiary/aromatic N) is 2. The SMILES string of the molecule is CC[C@H](C)Nc1nc2c(cc1C#N)COC(C)(C)C2. The van der Waals surface area contributed by atoms with E-state index in [0.717, 1.165) is 24.1 Å². The average molecular weight is 259 g/mol. The highest BCUT2D eigenvalue weighted by atomic mass is 16.5. The van der Waals surface area contributed by atoms with Gasteiger partial charge in [0.15, 0.2) is 0 Å². The Morgan fingerprint density at radius 1 is 1.58 bits per heavy atom. The van der Waals surface area contributed by atoms with E-state index >= 15 is 0 Å². The van der Waals surface area contributed by atoms with Gasteiger partial charge in [-0.2, -0.15) is 5.26 Å². The Hall–Kier alpha value is -1.60. The van der Waals surface area contributed by atoms with E-state index in [2.05, 4.69) is 44.1 Å². The van der Waals surface area contributed by atoms with Crippen LogP contribution in [-0.4, -0.2) is 16.6 Å². The summed E-state index contributed by atoms with van der Waals surface area (Å²) in [6.07, 6.45) is 1.78. The minimum atomic E-state index is -0.179. The van der Waals surface area contributed by atoms with Crippen LogP contribution in [0.15, 0.2) is 6.07 Å². The number of rotatable bonds is 3. The lowest BCUT2D eigenvalue weighted by Crippen LogP contribution is -2.33. The molecule has 1 aliphatic heterocycles. The van der Waals surface area contributed by atoms with Crippen molar-refractivity contribution >= 4 is 5.82 Å². The van der Waals surface area contributed by atoms with Crippen LogP contribution in [0.1, 0.15) is 50.9 Å². The summed E-state index contributed by atoms with van der Waals surface area (Å²) >= 11 is 0. The van der Waals surface area contributed by atoms with Crippen molar-refractivity contribution in [2.24, 2.45) is 0 Å². The van der Waals surface area contributed by atoms with Crippen LogP contribution >= 0.6 is 0 Å². The zero-order valence-corrected chi connectivity index (χ0v) is 12.1. The van der Waals surface area contributed by atoms with E-state index in [0.29, 0.717) is 24.0 Å². The van der Waals surface area contributed by atoms with Crippen LogP contribution in [0.25, 0.3) is 0 Å². The van der Waals surface area contributed by atoms with Gasteiger partial charge in [0.05, 0.1) is 23.5 Å². The summed E-state index contributed by atoms with van der Waals surface area (Å²) in [5.41, 5.74) is 2.50.